The highest BCUT2D eigenvalue weighted by Gasteiger charge is 2.38. The van der Waals surface area contributed by atoms with Crippen molar-refractivity contribution in [1.29, 1.82) is 0 Å². The molecule has 0 saturated heterocycles. The van der Waals surface area contributed by atoms with Gasteiger partial charge in [-0.1, -0.05) is 13.8 Å². The highest BCUT2D eigenvalue weighted by molar-refractivity contribution is 7.14. The van der Waals surface area contributed by atoms with Gasteiger partial charge in [0.1, 0.15) is 11.4 Å². The predicted molar refractivity (Wildman–Crippen MR) is 131 cm³/mol. The molecule has 3 aromatic rings. The van der Waals surface area contributed by atoms with E-state index in [1.54, 1.807) is 11.6 Å². The van der Waals surface area contributed by atoms with Crippen LogP contribution in [0.5, 0.6) is 0 Å². The van der Waals surface area contributed by atoms with Gasteiger partial charge in [0.05, 0.1) is 17.8 Å². The third-order valence-corrected chi connectivity index (χ3v) is 6.43. The Bertz CT molecular complexity index is 1210. The number of carbonyl (C=O) groups is 2. The van der Waals surface area contributed by atoms with E-state index >= 15 is 0 Å². The summed E-state index contributed by atoms with van der Waals surface area (Å²) in [6, 6.07) is 0. The molecule has 2 amide bonds. The van der Waals surface area contributed by atoms with Gasteiger partial charge in [-0.25, -0.2) is 15.0 Å². The lowest BCUT2D eigenvalue weighted by atomic mass is 9.73. The molecule has 1 aliphatic carbocycles. The van der Waals surface area contributed by atoms with Gasteiger partial charge in [0, 0.05) is 23.7 Å². The largest absolute Gasteiger partial charge is 0.368 e. The van der Waals surface area contributed by atoms with E-state index in [2.05, 4.69) is 54.5 Å². The smallest absolute Gasteiger partial charge is 0.275 e. The molecule has 0 unspecified atom stereocenters. The zero-order chi connectivity index (χ0) is 24.5. The van der Waals surface area contributed by atoms with Crippen molar-refractivity contribution in [2.24, 2.45) is 0 Å². The number of nitrogens with zero attached hydrogens (tertiary/aromatic N) is 5. The molecule has 3 heterocycles. The number of amides is 2. The number of nitrogen functional groups attached to an aromatic ring is 1. The number of hydrogen-bond donors (Lipinski definition) is 4. The lowest BCUT2D eigenvalue weighted by Crippen LogP contribution is -2.29. The van der Waals surface area contributed by atoms with E-state index in [0.717, 1.165) is 24.1 Å². The Hall–Kier alpha value is -3.38. The van der Waals surface area contributed by atoms with Crippen LogP contribution in [-0.2, 0) is 23.1 Å². The van der Waals surface area contributed by atoms with Crippen molar-refractivity contribution in [1.82, 2.24) is 35.4 Å². The first kappa shape index (κ1) is 23.8. The monoisotopic (exact) mass is 483 g/mol. The highest BCUT2D eigenvalue weighted by Crippen LogP contribution is 2.42. The first-order chi connectivity index (χ1) is 16.1. The molecule has 0 spiro atoms. The Morgan fingerprint density at radius 3 is 2.82 bits per heavy atom. The van der Waals surface area contributed by atoms with Crippen LogP contribution in [0.15, 0.2) is 11.6 Å². The summed E-state index contributed by atoms with van der Waals surface area (Å²) in [7, 11) is 3.99. The van der Waals surface area contributed by atoms with Crippen molar-refractivity contribution < 1.29 is 9.59 Å². The number of rotatable bonds is 8. The van der Waals surface area contributed by atoms with Crippen LogP contribution < -0.4 is 16.4 Å². The topological polar surface area (TPSA) is 155 Å². The fourth-order valence-corrected chi connectivity index (χ4v) is 4.82. The highest BCUT2D eigenvalue weighted by atomic mass is 32.1. The molecular weight excluding hydrogens is 454 g/mol. The molecule has 0 saturated carbocycles. The van der Waals surface area contributed by atoms with Gasteiger partial charge in [-0.2, -0.15) is 5.10 Å². The molecule has 0 radical (unpaired) electrons. The second kappa shape index (κ2) is 9.47. The average molecular weight is 484 g/mol. The number of carbonyl (C=O) groups excluding carboxylic acids is 2. The van der Waals surface area contributed by atoms with Crippen LogP contribution in [0.25, 0.3) is 11.4 Å². The van der Waals surface area contributed by atoms with Gasteiger partial charge in [-0.15, -0.1) is 11.3 Å². The molecule has 0 aromatic carbocycles. The normalized spacial score (nSPS) is 13.9. The van der Waals surface area contributed by atoms with Gasteiger partial charge >= 0.3 is 0 Å². The fraction of sp³-hybridized carbons (Fsp3) is 0.455. The molecule has 0 aliphatic heterocycles. The number of nitrogens with two attached hydrogens (primary N) is 1. The van der Waals surface area contributed by atoms with Crippen molar-refractivity contribution >= 4 is 34.2 Å². The summed E-state index contributed by atoms with van der Waals surface area (Å²) in [5.74, 6) is -0.275. The number of hydrogen-bond acceptors (Lipinski definition) is 9. The number of nitrogens with one attached hydrogen (secondary N) is 3. The van der Waals surface area contributed by atoms with Crippen molar-refractivity contribution in [2.45, 2.75) is 38.5 Å². The number of aromatic amines is 1. The predicted octanol–water partition coefficient (Wildman–Crippen LogP) is 1.60. The van der Waals surface area contributed by atoms with Crippen molar-refractivity contribution in [3.63, 3.8) is 0 Å². The van der Waals surface area contributed by atoms with E-state index in [4.69, 9.17) is 5.73 Å². The van der Waals surface area contributed by atoms with Crippen LogP contribution in [-0.4, -0.2) is 69.0 Å². The number of anilines is 2. The number of fused-ring (bicyclic) bond motifs is 3. The summed E-state index contributed by atoms with van der Waals surface area (Å²) >= 11 is 1.28. The van der Waals surface area contributed by atoms with E-state index in [-0.39, 0.29) is 29.6 Å². The van der Waals surface area contributed by atoms with Gasteiger partial charge in [0.15, 0.2) is 5.13 Å². The number of aromatic nitrogens is 5. The maximum absolute atomic E-state index is 13.1. The van der Waals surface area contributed by atoms with Crippen molar-refractivity contribution in [2.75, 3.05) is 38.2 Å². The number of thiazole rings is 1. The van der Waals surface area contributed by atoms with E-state index in [0.29, 0.717) is 40.9 Å². The standard InChI is InChI=1S/C22H29N9O2S/c1-22(2)9-12-10-25-20(23)27-16(12)17-15(22)18(30-29-17)19(33)28-21-26-13(11-34-21)8-14(32)24-6-5-7-31(3)4/h10-11H,5-9H2,1-4H3,(H,24,32)(H,29,30)(H2,23,25,27)(H,26,28,33). The second-order valence-electron chi connectivity index (χ2n) is 9.27. The molecule has 5 N–H and O–H groups in total. The Morgan fingerprint density at radius 1 is 1.26 bits per heavy atom. The van der Waals surface area contributed by atoms with Crippen LogP contribution >= 0.6 is 11.3 Å². The van der Waals surface area contributed by atoms with Gasteiger partial charge < -0.3 is 16.0 Å². The molecule has 0 atom stereocenters. The first-order valence-corrected chi connectivity index (χ1v) is 11.9. The SMILES string of the molecule is CN(C)CCCNC(=O)Cc1csc(NC(=O)c2[nH]nc3c2C(C)(C)Cc2cnc(N)nc2-3)n1. The lowest BCUT2D eigenvalue weighted by molar-refractivity contribution is -0.120. The van der Waals surface area contributed by atoms with Crippen molar-refractivity contribution in [3.05, 3.63) is 34.1 Å². The van der Waals surface area contributed by atoms with Gasteiger partial charge in [-0.3, -0.25) is 20.0 Å². The molecule has 0 fully saturated rings. The molecule has 180 valence electrons. The molecule has 0 bridgehead atoms. The summed E-state index contributed by atoms with van der Waals surface area (Å²) in [4.78, 5) is 40.2. The summed E-state index contributed by atoms with van der Waals surface area (Å²) in [6.45, 7) is 5.63. The second-order valence-corrected chi connectivity index (χ2v) is 10.1. The van der Waals surface area contributed by atoms with E-state index < -0.39 is 0 Å². The van der Waals surface area contributed by atoms with Crippen molar-refractivity contribution in [3.8, 4) is 11.4 Å². The third kappa shape index (κ3) is 5.07. The molecular formula is C22H29N9O2S. The van der Waals surface area contributed by atoms with Crippen LogP contribution in [0, 0.1) is 0 Å². The van der Waals surface area contributed by atoms with Crippen LogP contribution in [0.3, 0.4) is 0 Å². The fourth-order valence-electron chi connectivity index (χ4n) is 4.11. The molecule has 11 nitrogen and oxygen atoms in total. The van der Waals surface area contributed by atoms with Gasteiger partial charge in [0.2, 0.25) is 11.9 Å². The van der Waals surface area contributed by atoms with E-state index in [1.165, 1.54) is 11.3 Å². The van der Waals surface area contributed by atoms with Crippen LogP contribution in [0.4, 0.5) is 11.1 Å². The summed E-state index contributed by atoms with van der Waals surface area (Å²) in [6.07, 6.45) is 3.41. The number of H-pyrrole nitrogens is 1. The maximum atomic E-state index is 13.1. The first-order valence-electron chi connectivity index (χ1n) is 11.0. The Kier molecular flexibility index (Phi) is 6.62. The zero-order valence-electron chi connectivity index (χ0n) is 19.7. The van der Waals surface area contributed by atoms with E-state index in [9.17, 15) is 9.59 Å². The summed E-state index contributed by atoms with van der Waals surface area (Å²) in [5.41, 5.74) is 9.36. The minimum Gasteiger partial charge on any atom is -0.368 e. The van der Waals surface area contributed by atoms with Crippen LogP contribution in [0.2, 0.25) is 0 Å². The zero-order valence-corrected chi connectivity index (χ0v) is 20.5. The average Bonchev–Trinajstić information content (AvgIpc) is 3.39. The maximum Gasteiger partial charge on any atom is 0.275 e. The Labute approximate surface area is 201 Å². The molecule has 3 aromatic heterocycles. The minimum absolute atomic E-state index is 0.0914. The molecule has 12 heteroatoms. The van der Waals surface area contributed by atoms with E-state index in [1.807, 2.05) is 14.1 Å². The quantitative estimate of drug-likeness (QED) is 0.352. The lowest BCUT2D eigenvalue weighted by Gasteiger charge is -2.30. The van der Waals surface area contributed by atoms with Gasteiger partial charge in [0.25, 0.3) is 5.91 Å². The molecule has 4 rings (SSSR count). The third-order valence-electron chi connectivity index (χ3n) is 5.63. The Morgan fingerprint density at radius 2 is 2.06 bits per heavy atom. The van der Waals surface area contributed by atoms with Crippen LogP contribution in [0.1, 0.15) is 47.6 Å². The molecule has 1 aliphatic rings. The molecule has 34 heavy (non-hydrogen) atoms. The summed E-state index contributed by atoms with van der Waals surface area (Å²) < 4.78 is 0. The summed E-state index contributed by atoms with van der Waals surface area (Å²) in [5, 5.41) is 15.2. The Balaban J connectivity index is 1.44. The minimum atomic E-state index is -0.361. The van der Waals surface area contributed by atoms with Gasteiger partial charge in [-0.05, 0) is 44.5 Å².